The van der Waals surface area contributed by atoms with Gasteiger partial charge in [-0.05, 0) is 22.9 Å². The smallest absolute Gasteiger partial charge is 0.303 e. The third-order valence-corrected chi connectivity index (χ3v) is 5.14. The summed E-state index contributed by atoms with van der Waals surface area (Å²) in [6, 6.07) is 12.4. The van der Waals surface area contributed by atoms with Gasteiger partial charge >= 0.3 is 17.9 Å². The minimum Gasteiger partial charge on any atom is -0.463 e. The third-order valence-electron chi connectivity index (χ3n) is 4.81. The largest absolute Gasteiger partial charge is 0.463 e. The summed E-state index contributed by atoms with van der Waals surface area (Å²) in [6.07, 6.45) is -4.39. The number of benzene rings is 2. The maximum atomic E-state index is 13.0. The van der Waals surface area contributed by atoms with E-state index in [2.05, 4.69) is 5.32 Å². The number of esters is 3. The van der Waals surface area contributed by atoms with E-state index in [1.165, 1.54) is 0 Å². The van der Waals surface area contributed by atoms with E-state index in [9.17, 15) is 19.2 Å². The first kappa shape index (κ1) is 20.4. The van der Waals surface area contributed by atoms with Crippen LogP contribution in [-0.2, 0) is 33.3 Å². The molecule has 1 saturated heterocycles. The van der Waals surface area contributed by atoms with Gasteiger partial charge in [-0.2, -0.15) is 0 Å². The van der Waals surface area contributed by atoms with Crippen LogP contribution in [0.4, 0.5) is 0 Å². The minimum absolute atomic E-state index is 0.261. The number of carbonyl (C=O) groups excluding carboxylic acids is 4. The number of halogens is 1. The average Bonchev–Trinajstić information content (AvgIpc) is 2.88. The van der Waals surface area contributed by atoms with Crippen LogP contribution in [0, 0.1) is 0 Å². The highest BCUT2D eigenvalue weighted by molar-refractivity contribution is 6.24. The van der Waals surface area contributed by atoms with Crippen LogP contribution < -0.4 is 5.32 Å². The molecule has 0 aliphatic carbocycles. The number of alkyl halides is 1. The van der Waals surface area contributed by atoms with Crippen molar-refractivity contribution in [2.45, 2.75) is 50.6 Å². The second-order valence-electron chi connectivity index (χ2n) is 7.27. The summed E-state index contributed by atoms with van der Waals surface area (Å²) in [4.78, 5) is 48.4. The Kier molecular flexibility index (Phi) is 6.31. The lowest BCUT2D eigenvalue weighted by molar-refractivity contribution is -0.226. The van der Waals surface area contributed by atoms with Gasteiger partial charge in [-0.15, -0.1) is 0 Å². The van der Waals surface area contributed by atoms with Crippen molar-refractivity contribution in [2.24, 2.45) is 0 Å². The number of hydrogen-bond acceptors (Lipinski definition) is 8. The molecule has 176 valence electrons. The van der Waals surface area contributed by atoms with Crippen molar-refractivity contribution in [1.29, 1.82) is 0 Å². The molecular formula is C23H24ClNO8. The van der Waals surface area contributed by atoms with E-state index in [-0.39, 0.29) is 5.56 Å². The molecule has 2 aromatic carbocycles. The molecular weight excluding hydrogens is 454 g/mol. The maximum absolute atomic E-state index is 13.0. The molecule has 0 radical (unpaired) electrons. The zero-order valence-corrected chi connectivity index (χ0v) is 18.2. The van der Waals surface area contributed by atoms with E-state index >= 15 is 0 Å². The normalized spacial score (nSPS) is 25.7. The Morgan fingerprint density at radius 1 is 1.06 bits per heavy atom. The molecule has 1 unspecified atom stereocenters. The van der Waals surface area contributed by atoms with Gasteiger partial charge in [0.05, 0.1) is 6.42 Å². The van der Waals surface area contributed by atoms with Gasteiger partial charge in [-0.3, -0.25) is 19.2 Å². The number of fused-ring (bicyclic) bond motifs is 1. The summed E-state index contributed by atoms with van der Waals surface area (Å²) in [6.45, 7) is -2.73. The summed E-state index contributed by atoms with van der Waals surface area (Å²) in [5, 5.41) is 2.27. The molecule has 2 aromatic rings. The molecule has 1 N–H and O–H groups in total. The van der Waals surface area contributed by atoms with Gasteiger partial charge in [0, 0.05) is 30.4 Å². The average molecular weight is 481 g/mol. The van der Waals surface area contributed by atoms with Crippen LogP contribution in [0.3, 0.4) is 0 Å². The fourth-order valence-corrected chi connectivity index (χ4v) is 3.86. The van der Waals surface area contributed by atoms with Crippen LogP contribution in [0.25, 0.3) is 10.8 Å². The Morgan fingerprint density at radius 2 is 1.76 bits per heavy atom. The van der Waals surface area contributed by atoms with Crippen LogP contribution in [0.15, 0.2) is 42.5 Å². The van der Waals surface area contributed by atoms with Crippen molar-refractivity contribution in [3.8, 4) is 0 Å². The number of nitrogens with one attached hydrogen (secondary N) is 1. The van der Waals surface area contributed by atoms with Crippen molar-refractivity contribution in [3.63, 3.8) is 0 Å². The fraction of sp³-hybridized carbons (Fsp3) is 0.391. The number of hydrogen-bond donors (Lipinski definition) is 1. The Labute approximate surface area is 199 Å². The quantitative estimate of drug-likeness (QED) is 0.290. The number of ether oxygens (including phenoxy) is 4. The van der Waals surface area contributed by atoms with Gasteiger partial charge < -0.3 is 24.3 Å². The first-order chi connectivity index (χ1) is 17.2. The lowest BCUT2D eigenvalue weighted by Gasteiger charge is -2.44. The standard InChI is InChI=1S/C23H24ClNO8/c1-13(26)30-12-20-21(32-15(3)28)19(31-14(2)27)11-23(24,33-20)25-22(29)18-9-8-16-6-4-5-7-17(16)10-18/h4-10,19-21H,11-12H2,1-3H3,(H,25,29)/t19-,20-,21+,23?/m1/s1/i1D,2D,3D. The summed E-state index contributed by atoms with van der Waals surface area (Å²) in [5.41, 5.74) is 0.261. The SMILES string of the molecule is [2H]CC(=O)OC[C@H]1OC(Cl)(NC(=O)c2ccc3ccccc3c2)C[C@@H](OC(=O)C[2H])[C@@H]1OC(=O)C[2H]. The van der Waals surface area contributed by atoms with E-state index < -0.39 is 81.0 Å². The first-order valence-electron chi connectivity index (χ1n) is 11.9. The highest BCUT2D eigenvalue weighted by Crippen LogP contribution is 2.35. The van der Waals surface area contributed by atoms with Crippen molar-refractivity contribution >= 4 is 46.2 Å². The van der Waals surface area contributed by atoms with Crippen molar-refractivity contribution in [1.82, 2.24) is 5.32 Å². The molecule has 0 bridgehead atoms. The van der Waals surface area contributed by atoms with Crippen LogP contribution in [0.2, 0.25) is 0 Å². The van der Waals surface area contributed by atoms with Crippen LogP contribution in [-0.4, -0.2) is 53.9 Å². The van der Waals surface area contributed by atoms with Crippen LogP contribution >= 0.6 is 11.6 Å². The third kappa shape index (κ3) is 6.43. The van der Waals surface area contributed by atoms with E-state index in [1.54, 1.807) is 18.2 Å². The molecule has 1 fully saturated rings. The van der Waals surface area contributed by atoms with E-state index in [0.717, 1.165) is 10.8 Å². The second-order valence-corrected chi connectivity index (χ2v) is 7.88. The summed E-state index contributed by atoms with van der Waals surface area (Å²) in [7, 11) is 0. The molecule has 1 aliphatic heterocycles. The molecule has 4 atom stereocenters. The molecule has 33 heavy (non-hydrogen) atoms. The Balaban J connectivity index is 1.88. The molecule has 0 spiro atoms. The highest BCUT2D eigenvalue weighted by atomic mass is 35.5. The number of rotatable bonds is 6. The molecule has 3 rings (SSSR count). The predicted molar refractivity (Wildman–Crippen MR) is 117 cm³/mol. The Hall–Kier alpha value is -3.17. The van der Waals surface area contributed by atoms with Crippen molar-refractivity contribution < 1.29 is 42.2 Å². The van der Waals surface area contributed by atoms with E-state index in [1.807, 2.05) is 24.3 Å². The molecule has 0 aromatic heterocycles. The Morgan fingerprint density at radius 3 is 2.48 bits per heavy atom. The zero-order valence-electron chi connectivity index (χ0n) is 20.5. The summed E-state index contributed by atoms with van der Waals surface area (Å²) < 4.78 is 42.7. The predicted octanol–water partition coefficient (Wildman–Crippen LogP) is 2.68. The van der Waals surface area contributed by atoms with Gasteiger partial charge in [0.15, 0.2) is 6.10 Å². The summed E-state index contributed by atoms with van der Waals surface area (Å²) >= 11 is 6.59. The van der Waals surface area contributed by atoms with Gasteiger partial charge in [0.1, 0.15) is 18.8 Å². The fourth-order valence-electron chi connectivity index (χ4n) is 3.51. The molecule has 1 aliphatic rings. The topological polar surface area (TPSA) is 117 Å². The van der Waals surface area contributed by atoms with Gasteiger partial charge in [0.2, 0.25) is 5.18 Å². The van der Waals surface area contributed by atoms with Gasteiger partial charge in [0.25, 0.3) is 5.91 Å². The molecule has 1 heterocycles. The zero-order chi connectivity index (χ0) is 26.3. The molecule has 9 nitrogen and oxygen atoms in total. The van der Waals surface area contributed by atoms with Crippen LogP contribution in [0.5, 0.6) is 0 Å². The second kappa shape index (κ2) is 10.2. The monoisotopic (exact) mass is 480 g/mol. The summed E-state index contributed by atoms with van der Waals surface area (Å²) in [5.74, 6) is -3.47. The van der Waals surface area contributed by atoms with Crippen molar-refractivity contribution in [3.05, 3.63) is 48.0 Å². The van der Waals surface area contributed by atoms with Gasteiger partial charge in [-0.25, -0.2) is 0 Å². The van der Waals surface area contributed by atoms with Crippen LogP contribution in [0.1, 0.15) is 41.6 Å². The lowest BCUT2D eigenvalue weighted by Crippen LogP contribution is -2.62. The van der Waals surface area contributed by atoms with E-state index in [0.29, 0.717) is 0 Å². The molecule has 0 saturated carbocycles. The number of amides is 1. The maximum Gasteiger partial charge on any atom is 0.303 e. The molecule has 10 heteroatoms. The van der Waals surface area contributed by atoms with E-state index in [4.69, 9.17) is 34.7 Å². The highest BCUT2D eigenvalue weighted by Gasteiger charge is 2.51. The number of carbonyl (C=O) groups is 4. The van der Waals surface area contributed by atoms with Crippen molar-refractivity contribution in [2.75, 3.05) is 6.61 Å². The van der Waals surface area contributed by atoms with Gasteiger partial charge in [-0.1, -0.05) is 41.9 Å². The Bertz CT molecular complexity index is 1140. The first-order valence-corrected chi connectivity index (χ1v) is 10.2. The lowest BCUT2D eigenvalue weighted by atomic mass is 9.99. The minimum atomic E-state index is -1.99. The molecule has 1 amide bonds.